The van der Waals surface area contributed by atoms with Crippen LogP contribution in [0.25, 0.3) is 0 Å². The highest BCUT2D eigenvalue weighted by molar-refractivity contribution is 6.39. The zero-order valence-electron chi connectivity index (χ0n) is 18.7. The van der Waals surface area contributed by atoms with E-state index in [4.69, 9.17) is 46.9 Å². The molecule has 1 heterocycles. The largest absolute Gasteiger partial charge is 0.494 e. The highest BCUT2D eigenvalue weighted by atomic mass is 35.5. The van der Waals surface area contributed by atoms with Crippen LogP contribution in [-0.4, -0.2) is 72.8 Å². The smallest absolute Gasteiger partial charge is 0.342 e. The average Bonchev–Trinajstić information content (AvgIpc) is 2.84. The van der Waals surface area contributed by atoms with Crippen molar-refractivity contribution in [2.45, 2.75) is 44.2 Å². The first-order valence-corrected chi connectivity index (χ1v) is 11.1. The van der Waals surface area contributed by atoms with E-state index in [9.17, 15) is 20.1 Å². The topological polar surface area (TPSA) is 124 Å². The van der Waals surface area contributed by atoms with Gasteiger partial charge in [0, 0.05) is 7.11 Å². The minimum absolute atomic E-state index is 0.0365. The maximum atomic E-state index is 13.2. The molecule has 2 aromatic rings. The van der Waals surface area contributed by atoms with Crippen molar-refractivity contribution in [2.75, 3.05) is 20.8 Å². The zero-order chi connectivity index (χ0) is 25.0. The zero-order valence-corrected chi connectivity index (χ0v) is 20.2. The predicted molar refractivity (Wildman–Crippen MR) is 122 cm³/mol. The summed E-state index contributed by atoms with van der Waals surface area (Å²) in [5.74, 6) is -0.849. The summed E-state index contributed by atoms with van der Waals surface area (Å²) in [5.41, 5.74) is 1.06. The summed E-state index contributed by atoms with van der Waals surface area (Å²) in [4.78, 5) is 13.2. The number of halogens is 2. The van der Waals surface area contributed by atoms with Crippen molar-refractivity contribution in [3.05, 3.63) is 57.1 Å². The molecule has 1 saturated heterocycles. The molecule has 2 aromatic carbocycles. The van der Waals surface area contributed by atoms with E-state index in [2.05, 4.69) is 0 Å². The molecule has 5 atom stereocenters. The number of benzene rings is 2. The lowest BCUT2D eigenvalue weighted by molar-refractivity contribution is -0.293. The molecule has 1 aliphatic heterocycles. The third-order valence-corrected chi connectivity index (χ3v) is 6.26. The number of carbonyl (C=O) groups excluding carboxylic acids is 1. The van der Waals surface area contributed by atoms with Crippen LogP contribution >= 0.6 is 23.2 Å². The van der Waals surface area contributed by atoms with Crippen LogP contribution in [0, 0.1) is 6.92 Å². The lowest BCUT2D eigenvalue weighted by Gasteiger charge is -2.40. The number of hydrogen-bond acceptors (Lipinski definition) is 9. The molecule has 0 aromatic heterocycles. The Kier molecular flexibility index (Phi) is 9.00. The van der Waals surface area contributed by atoms with Crippen LogP contribution in [0.2, 0.25) is 10.0 Å². The number of rotatable bonds is 8. The summed E-state index contributed by atoms with van der Waals surface area (Å²) >= 11 is 13.0. The summed E-state index contributed by atoms with van der Waals surface area (Å²) in [6, 6.07) is 9.35. The van der Waals surface area contributed by atoms with Crippen LogP contribution in [-0.2, 0) is 20.8 Å². The van der Waals surface area contributed by atoms with Crippen molar-refractivity contribution in [1.29, 1.82) is 0 Å². The first-order valence-electron chi connectivity index (χ1n) is 10.3. The van der Waals surface area contributed by atoms with Gasteiger partial charge in [-0.05, 0) is 18.1 Å². The number of methoxy groups -OCH3 is 2. The molecular formula is C23H26Cl2O9. The molecule has 11 heteroatoms. The fraction of sp³-hybridized carbons (Fsp3) is 0.435. The van der Waals surface area contributed by atoms with Gasteiger partial charge in [-0.2, -0.15) is 0 Å². The Morgan fingerprint density at radius 2 is 1.74 bits per heavy atom. The van der Waals surface area contributed by atoms with E-state index in [1.807, 2.05) is 30.3 Å². The molecule has 186 valence electrons. The number of aliphatic hydroxyl groups excluding tert-OH is 3. The molecule has 0 aliphatic carbocycles. The fourth-order valence-corrected chi connectivity index (χ4v) is 4.22. The predicted octanol–water partition coefficient (Wildman–Crippen LogP) is 2.50. The molecule has 0 spiro atoms. The summed E-state index contributed by atoms with van der Waals surface area (Å²) in [6.45, 7) is 1.17. The highest BCUT2D eigenvalue weighted by Crippen LogP contribution is 2.46. The summed E-state index contributed by atoms with van der Waals surface area (Å²) in [6.07, 6.45) is -6.88. The van der Waals surface area contributed by atoms with Crippen molar-refractivity contribution < 1.29 is 43.8 Å². The maximum absolute atomic E-state index is 13.2. The Bertz CT molecular complexity index is 1000. The molecule has 3 N–H and O–H groups in total. The van der Waals surface area contributed by atoms with E-state index >= 15 is 0 Å². The van der Waals surface area contributed by atoms with E-state index in [0.717, 1.165) is 5.56 Å². The van der Waals surface area contributed by atoms with E-state index in [1.54, 1.807) is 6.92 Å². The Labute approximate surface area is 206 Å². The van der Waals surface area contributed by atoms with Gasteiger partial charge in [-0.3, -0.25) is 0 Å². The minimum atomic E-state index is -1.59. The van der Waals surface area contributed by atoms with Crippen LogP contribution in [0.15, 0.2) is 30.3 Å². The molecule has 0 unspecified atom stereocenters. The van der Waals surface area contributed by atoms with Crippen LogP contribution in [0.1, 0.15) is 21.5 Å². The fourth-order valence-electron chi connectivity index (χ4n) is 3.61. The van der Waals surface area contributed by atoms with E-state index < -0.39 is 43.3 Å². The van der Waals surface area contributed by atoms with E-state index in [0.29, 0.717) is 0 Å². The Morgan fingerprint density at radius 3 is 2.32 bits per heavy atom. The SMILES string of the molecule is COc1c(Cl)c(OCc2ccccc2)c(Cl)c(C)c1C(=O)O[C@H]1[C@@H](OC)O[C@H](CO)[C@@H](O)[C@@H]1O. The first-order chi connectivity index (χ1) is 16.2. The second-order valence-electron chi connectivity index (χ2n) is 7.58. The highest BCUT2D eigenvalue weighted by Gasteiger charge is 2.47. The molecular weight excluding hydrogens is 491 g/mol. The number of esters is 1. The van der Waals surface area contributed by atoms with Gasteiger partial charge in [0.05, 0.1) is 18.7 Å². The van der Waals surface area contributed by atoms with Gasteiger partial charge in [0.1, 0.15) is 35.5 Å². The maximum Gasteiger partial charge on any atom is 0.342 e. The summed E-state index contributed by atoms with van der Waals surface area (Å²) < 4.78 is 27.1. The van der Waals surface area contributed by atoms with Crippen LogP contribution in [0.5, 0.6) is 11.5 Å². The van der Waals surface area contributed by atoms with Crippen LogP contribution in [0.3, 0.4) is 0 Å². The van der Waals surface area contributed by atoms with Crippen molar-refractivity contribution in [2.24, 2.45) is 0 Å². The lowest BCUT2D eigenvalue weighted by Crippen LogP contribution is -2.60. The van der Waals surface area contributed by atoms with Crippen molar-refractivity contribution >= 4 is 29.2 Å². The summed E-state index contributed by atoms with van der Waals surface area (Å²) in [7, 11) is 2.58. The van der Waals surface area contributed by atoms with Gasteiger partial charge in [0.25, 0.3) is 0 Å². The third kappa shape index (κ3) is 5.26. The molecule has 3 rings (SSSR count). The second kappa shape index (κ2) is 11.5. The van der Waals surface area contributed by atoms with Gasteiger partial charge < -0.3 is 39.0 Å². The van der Waals surface area contributed by atoms with Crippen LogP contribution < -0.4 is 9.47 Å². The number of carbonyl (C=O) groups is 1. The molecule has 9 nitrogen and oxygen atoms in total. The van der Waals surface area contributed by atoms with E-state index in [1.165, 1.54) is 14.2 Å². The summed E-state index contributed by atoms with van der Waals surface area (Å²) in [5, 5.41) is 30.0. The standard InChI is InChI=1S/C23H26Cl2O9/c1-11-14(22(29)34-21-18(28)17(27)13(9-26)33-23(21)31-3)19(30-2)16(25)20(15(11)24)32-10-12-7-5-4-6-8-12/h4-8,13,17-18,21,23,26-28H,9-10H2,1-3H3/t13-,17-,18+,21-,23+/m1/s1. The van der Waals surface area contributed by atoms with Gasteiger partial charge in [-0.15, -0.1) is 0 Å². The molecule has 1 aliphatic rings. The van der Waals surface area contributed by atoms with Gasteiger partial charge in [0.15, 0.2) is 23.9 Å². The van der Waals surface area contributed by atoms with Gasteiger partial charge >= 0.3 is 5.97 Å². The van der Waals surface area contributed by atoms with Crippen molar-refractivity contribution in [3.63, 3.8) is 0 Å². The second-order valence-corrected chi connectivity index (χ2v) is 8.33. The minimum Gasteiger partial charge on any atom is -0.494 e. The molecule has 0 radical (unpaired) electrons. The quantitative estimate of drug-likeness (QED) is 0.453. The third-order valence-electron chi connectivity index (χ3n) is 5.46. The first kappa shape index (κ1) is 26.5. The van der Waals surface area contributed by atoms with Gasteiger partial charge in [-0.25, -0.2) is 4.79 Å². The number of aliphatic hydroxyl groups is 3. The molecule has 1 fully saturated rings. The Hall–Kier alpha value is -2.11. The lowest BCUT2D eigenvalue weighted by atomic mass is 9.99. The molecule has 0 saturated carbocycles. The van der Waals surface area contributed by atoms with Gasteiger partial charge in [0.2, 0.25) is 0 Å². The molecule has 0 bridgehead atoms. The van der Waals surface area contributed by atoms with Crippen LogP contribution in [0.4, 0.5) is 0 Å². The molecule has 0 amide bonds. The van der Waals surface area contributed by atoms with E-state index in [-0.39, 0.29) is 39.3 Å². The van der Waals surface area contributed by atoms with Gasteiger partial charge in [-0.1, -0.05) is 53.5 Å². The number of hydrogen-bond donors (Lipinski definition) is 3. The normalized spacial score (nSPS) is 24.5. The Morgan fingerprint density at radius 1 is 1.06 bits per heavy atom. The number of ether oxygens (including phenoxy) is 5. The molecule has 34 heavy (non-hydrogen) atoms. The average molecular weight is 517 g/mol. The Balaban J connectivity index is 1.90. The monoisotopic (exact) mass is 516 g/mol. The van der Waals surface area contributed by atoms with Crippen molar-refractivity contribution in [1.82, 2.24) is 0 Å². The van der Waals surface area contributed by atoms with Crippen molar-refractivity contribution in [3.8, 4) is 11.5 Å².